The average Bonchev–Trinajstić information content (AvgIpc) is 2.64. The Morgan fingerprint density at radius 3 is 2.89 bits per heavy atom. The Kier molecular flexibility index (Phi) is 3.99. The third kappa shape index (κ3) is 2.89. The molecule has 2 unspecified atom stereocenters. The van der Waals surface area contributed by atoms with Crippen molar-refractivity contribution in [2.24, 2.45) is 0 Å². The fourth-order valence-electron chi connectivity index (χ4n) is 2.32. The molecule has 4 nitrogen and oxygen atoms in total. The number of aliphatic hydroxyl groups is 1. The zero-order valence-corrected chi connectivity index (χ0v) is 10.9. The van der Waals surface area contributed by atoms with E-state index < -0.39 is 6.10 Å². The van der Waals surface area contributed by atoms with Crippen molar-refractivity contribution in [2.45, 2.75) is 25.0 Å². The maximum Gasteiger partial charge on any atom is 0.221 e. The van der Waals surface area contributed by atoms with Crippen molar-refractivity contribution in [1.29, 1.82) is 0 Å². The normalized spacial score (nSPS) is 22.0. The largest absolute Gasteiger partial charge is 0.390 e. The van der Waals surface area contributed by atoms with E-state index in [-0.39, 0.29) is 11.9 Å². The number of carbonyl (C=O) groups is 1. The highest BCUT2D eigenvalue weighted by Crippen LogP contribution is 2.31. The van der Waals surface area contributed by atoms with E-state index in [0.29, 0.717) is 12.8 Å². The van der Waals surface area contributed by atoms with Crippen LogP contribution in [0.1, 0.15) is 23.6 Å². The van der Waals surface area contributed by atoms with Crippen LogP contribution in [0.2, 0.25) is 0 Å². The maximum atomic E-state index is 11.8. The van der Waals surface area contributed by atoms with E-state index in [0.717, 1.165) is 17.7 Å². The number of benzene rings is 1. The minimum absolute atomic E-state index is 0.00977. The van der Waals surface area contributed by atoms with Gasteiger partial charge in [0.1, 0.15) is 0 Å². The molecule has 0 radical (unpaired) electrons. The van der Waals surface area contributed by atoms with Crippen LogP contribution in [0, 0.1) is 0 Å². The molecule has 1 aliphatic carbocycles. The molecule has 1 aromatic carbocycles. The number of carbonyl (C=O) groups excluding carboxylic acids is 1. The lowest BCUT2D eigenvalue weighted by Crippen LogP contribution is -2.35. The van der Waals surface area contributed by atoms with Gasteiger partial charge in [-0.2, -0.15) is 0 Å². The number of nitrogens with zero attached hydrogens (tertiary/aromatic N) is 1. The van der Waals surface area contributed by atoms with Gasteiger partial charge in [-0.05, 0) is 25.2 Å². The third-order valence-electron chi connectivity index (χ3n) is 3.31. The van der Waals surface area contributed by atoms with Gasteiger partial charge in [0.05, 0.1) is 12.1 Å². The molecule has 0 aromatic heterocycles. The second kappa shape index (κ2) is 5.50. The first-order valence-corrected chi connectivity index (χ1v) is 6.28. The smallest absolute Gasteiger partial charge is 0.221 e. The minimum atomic E-state index is -0.509. The number of hydrogen-bond acceptors (Lipinski definition) is 3. The number of fused-ring (bicyclic) bond motifs is 1. The molecule has 0 saturated carbocycles. The predicted octanol–water partition coefficient (Wildman–Crippen LogP) is 0.713. The molecule has 2 atom stereocenters. The van der Waals surface area contributed by atoms with Crippen molar-refractivity contribution in [1.82, 2.24) is 10.2 Å². The molecule has 18 heavy (non-hydrogen) atoms. The predicted molar refractivity (Wildman–Crippen MR) is 70.2 cm³/mol. The lowest BCUT2D eigenvalue weighted by atomic mass is 10.1. The molecule has 2 N–H and O–H groups in total. The van der Waals surface area contributed by atoms with E-state index >= 15 is 0 Å². The Labute approximate surface area is 108 Å². The number of rotatable bonds is 4. The van der Waals surface area contributed by atoms with Gasteiger partial charge in [0.25, 0.3) is 0 Å². The molecule has 1 aliphatic rings. The monoisotopic (exact) mass is 248 g/mol. The van der Waals surface area contributed by atoms with Gasteiger partial charge in [-0.3, -0.25) is 4.79 Å². The average molecular weight is 248 g/mol. The van der Waals surface area contributed by atoms with Crippen LogP contribution in [0.3, 0.4) is 0 Å². The van der Waals surface area contributed by atoms with Gasteiger partial charge in [-0.15, -0.1) is 0 Å². The first-order valence-electron chi connectivity index (χ1n) is 6.28. The third-order valence-corrected chi connectivity index (χ3v) is 3.31. The minimum Gasteiger partial charge on any atom is -0.390 e. The Balaban J connectivity index is 1.99. The van der Waals surface area contributed by atoms with E-state index in [1.165, 1.54) is 0 Å². The number of hydrogen-bond donors (Lipinski definition) is 2. The zero-order valence-electron chi connectivity index (χ0n) is 10.9. The molecular weight excluding hydrogens is 228 g/mol. The lowest BCUT2D eigenvalue weighted by molar-refractivity contribution is -0.122. The summed E-state index contributed by atoms with van der Waals surface area (Å²) in [4.78, 5) is 13.8. The van der Waals surface area contributed by atoms with E-state index in [1.807, 2.05) is 43.3 Å². The van der Waals surface area contributed by atoms with Crippen LogP contribution in [0.5, 0.6) is 0 Å². The molecule has 0 bridgehead atoms. The van der Waals surface area contributed by atoms with Crippen molar-refractivity contribution < 1.29 is 9.90 Å². The van der Waals surface area contributed by atoms with Crippen molar-refractivity contribution in [3.63, 3.8) is 0 Å². The van der Waals surface area contributed by atoms with Gasteiger partial charge in [-0.1, -0.05) is 24.3 Å². The SMILES string of the molecule is CN(C)CCC(=O)NC1c2ccccc2CC1O. The molecule has 98 valence electrons. The Bertz CT molecular complexity index is 432. The summed E-state index contributed by atoms with van der Waals surface area (Å²) < 4.78 is 0. The quantitative estimate of drug-likeness (QED) is 0.825. The highest BCUT2D eigenvalue weighted by Gasteiger charge is 2.31. The Morgan fingerprint density at radius 1 is 1.44 bits per heavy atom. The molecular formula is C14H20N2O2. The van der Waals surface area contributed by atoms with Crippen LogP contribution in [-0.4, -0.2) is 42.7 Å². The number of amides is 1. The number of nitrogens with one attached hydrogen (secondary N) is 1. The first-order chi connectivity index (χ1) is 8.58. The summed E-state index contributed by atoms with van der Waals surface area (Å²) in [6.45, 7) is 0.719. The zero-order chi connectivity index (χ0) is 13.1. The van der Waals surface area contributed by atoms with E-state index in [1.54, 1.807) is 0 Å². The summed E-state index contributed by atoms with van der Waals surface area (Å²) >= 11 is 0. The van der Waals surface area contributed by atoms with Crippen molar-refractivity contribution in [3.8, 4) is 0 Å². The summed E-state index contributed by atoms with van der Waals surface area (Å²) in [5.41, 5.74) is 2.17. The van der Waals surface area contributed by atoms with Crippen LogP contribution >= 0.6 is 0 Å². The van der Waals surface area contributed by atoms with Gasteiger partial charge in [-0.25, -0.2) is 0 Å². The second-order valence-electron chi connectivity index (χ2n) is 5.07. The van der Waals surface area contributed by atoms with E-state index in [9.17, 15) is 9.90 Å². The molecule has 0 saturated heterocycles. The topological polar surface area (TPSA) is 52.6 Å². The molecule has 0 aliphatic heterocycles. The summed E-state index contributed by atoms with van der Waals surface area (Å²) in [5, 5.41) is 12.9. The van der Waals surface area contributed by atoms with Crippen LogP contribution in [0.15, 0.2) is 24.3 Å². The summed E-state index contributed by atoms with van der Waals surface area (Å²) in [6.07, 6.45) is 0.568. The van der Waals surface area contributed by atoms with Crippen molar-refractivity contribution in [2.75, 3.05) is 20.6 Å². The Hall–Kier alpha value is -1.39. The molecule has 2 rings (SSSR count). The highest BCUT2D eigenvalue weighted by atomic mass is 16.3. The fraction of sp³-hybridized carbons (Fsp3) is 0.500. The van der Waals surface area contributed by atoms with E-state index in [2.05, 4.69) is 5.32 Å². The van der Waals surface area contributed by atoms with Crippen LogP contribution in [0.25, 0.3) is 0 Å². The fourth-order valence-corrected chi connectivity index (χ4v) is 2.32. The molecule has 0 heterocycles. The van der Waals surface area contributed by atoms with Gasteiger partial charge in [0.15, 0.2) is 0 Å². The van der Waals surface area contributed by atoms with Crippen molar-refractivity contribution >= 4 is 5.91 Å². The molecule has 0 spiro atoms. The molecule has 1 amide bonds. The molecule has 1 aromatic rings. The van der Waals surface area contributed by atoms with Crippen LogP contribution in [0.4, 0.5) is 0 Å². The van der Waals surface area contributed by atoms with Gasteiger partial charge >= 0.3 is 0 Å². The summed E-state index contributed by atoms with van der Waals surface area (Å²) in [7, 11) is 3.87. The molecule has 4 heteroatoms. The highest BCUT2D eigenvalue weighted by molar-refractivity contribution is 5.77. The maximum absolute atomic E-state index is 11.8. The lowest BCUT2D eigenvalue weighted by Gasteiger charge is -2.18. The first kappa shape index (κ1) is 13.1. The van der Waals surface area contributed by atoms with Crippen LogP contribution < -0.4 is 5.32 Å². The number of aliphatic hydroxyl groups excluding tert-OH is 1. The standard InChI is InChI=1S/C14H20N2O2/c1-16(2)8-7-13(18)15-14-11-6-4-3-5-10(11)9-12(14)17/h3-6,12,14,17H,7-9H2,1-2H3,(H,15,18). The van der Waals surface area contributed by atoms with Crippen molar-refractivity contribution in [3.05, 3.63) is 35.4 Å². The van der Waals surface area contributed by atoms with Gasteiger partial charge in [0, 0.05) is 19.4 Å². The summed E-state index contributed by atoms with van der Waals surface area (Å²) in [6, 6.07) is 7.63. The van der Waals surface area contributed by atoms with Crippen LogP contribution in [-0.2, 0) is 11.2 Å². The summed E-state index contributed by atoms with van der Waals surface area (Å²) in [5.74, 6) is -0.00977. The van der Waals surface area contributed by atoms with Gasteiger partial charge < -0.3 is 15.3 Å². The van der Waals surface area contributed by atoms with Gasteiger partial charge in [0.2, 0.25) is 5.91 Å². The second-order valence-corrected chi connectivity index (χ2v) is 5.07. The van der Waals surface area contributed by atoms with E-state index in [4.69, 9.17) is 0 Å². The Morgan fingerprint density at radius 2 is 2.17 bits per heavy atom. The molecule has 0 fully saturated rings.